The molecule has 1 aromatic rings. The predicted molar refractivity (Wildman–Crippen MR) is 84.8 cm³/mol. The van der Waals surface area contributed by atoms with E-state index in [2.05, 4.69) is 13.8 Å². The Labute approximate surface area is 123 Å². The van der Waals surface area contributed by atoms with E-state index in [-0.39, 0.29) is 0 Å². The molecular weight excluding hydrogens is 271 g/mol. The average Bonchev–Trinajstić information content (AvgIpc) is 2.41. The van der Waals surface area contributed by atoms with E-state index in [1.807, 2.05) is 32.0 Å². The summed E-state index contributed by atoms with van der Waals surface area (Å²) in [5, 5.41) is 0. The lowest BCUT2D eigenvalue weighted by Crippen LogP contribution is -2.04. The quantitative estimate of drug-likeness (QED) is 0.446. The van der Waals surface area contributed by atoms with Gasteiger partial charge in [0.1, 0.15) is 5.75 Å². The molecule has 0 aliphatic carbocycles. The highest BCUT2D eigenvalue weighted by atomic mass is 31.2. The van der Waals surface area contributed by atoms with Crippen LogP contribution in [-0.4, -0.2) is 12.8 Å². The van der Waals surface area contributed by atoms with Gasteiger partial charge in [0, 0.05) is 0 Å². The van der Waals surface area contributed by atoms with Crippen LogP contribution >= 0.6 is 7.60 Å². The van der Waals surface area contributed by atoms with Crippen molar-refractivity contribution in [3.05, 3.63) is 29.3 Å². The highest BCUT2D eigenvalue weighted by Gasteiger charge is 2.25. The van der Waals surface area contributed by atoms with Gasteiger partial charge >= 0.3 is 7.60 Å². The fourth-order valence-electron chi connectivity index (χ4n) is 1.77. The third-order valence-corrected chi connectivity index (χ3v) is 5.22. The molecule has 1 atom stereocenters. The van der Waals surface area contributed by atoms with Gasteiger partial charge in [-0.1, -0.05) is 32.8 Å². The standard InChI is InChI=1S/C16H27O3P/c1-5-7-11-18-20(17,12-8-6-2)19-16-10-9-14(3)15(4)13-16/h9-10,13H,5-8,11-12H2,1-4H3. The number of hydrogen-bond acceptors (Lipinski definition) is 3. The molecule has 0 fully saturated rings. The summed E-state index contributed by atoms with van der Waals surface area (Å²) in [5.74, 6) is 0.643. The molecule has 114 valence electrons. The second-order valence-corrected chi connectivity index (χ2v) is 7.32. The van der Waals surface area contributed by atoms with Gasteiger partial charge in [0.15, 0.2) is 0 Å². The van der Waals surface area contributed by atoms with Crippen molar-refractivity contribution in [1.82, 2.24) is 0 Å². The molecule has 1 rings (SSSR count). The zero-order valence-corrected chi connectivity index (χ0v) is 14.0. The molecule has 3 nitrogen and oxygen atoms in total. The van der Waals surface area contributed by atoms with Gasteiger partial charge in [-0.3, -0.25) is 4.52 Å². The molecule has 0 spiro atoms. The Bertz CT molecular complexity index is 457. The molecule has 0 aromatic heterocycles. The number of unbranched alkanes of at least 4 members (excludes halogenated alkanes) is 2. The summed E-state index contributed by atoms with van der Waals surface area (Å²) in [6.45, 7) is 8.74. The molecule has 0 saturated heterocycles. The van der Waals surface area contributed by atoms with Crippen LogP contribution in [0, 0.1) is 13.8 Å². The molecule has 0 heterocycles. The van der Waals surface area contributed by atoms with Gasteiger partial charge in [-0.15, -0.1) is 0 Å². The van der Waals surface area contributed by atoms with E-state index in [4.69, 9.17) is 9.05 Å². The maximum atomic E-state index is 12.8. The molecule has 1 unspecified atom stereocenters. The van der Waals surface area contributed by atoms with Crippen molar-refractivity contribution < 1.29 is 13.6 Å². The Hall–Kier alpha value is -0.790. The topological polar surface area (TPSA) is 35.5 Å². The van der Waals surface area contributed by atoms with Crippen molar-refractivity contribution in [3.63, 3.8) is 0 Å². The number of aryl methyl sites for hydroxylation is 2. The van der Waals surface area contributed by atoms with Crippen LogP contribution in [0.5, 0.6) is 5.75 Å². The average molecular weight is 298 g/mol. The van der Waals surface area contributed by atoms with Crippen molar-refractivity contribution in [2.75, 3.05) is 12.8 Å². The third kappa shape index (κ3) is 5.68. The first-order valence-electron chi connectivity index (χ1n) is 7.51. The zero-order chi connectivity index (χ0) is 15.0. The van der Waals surface area contributed by atoms with E-state index >= 15 is 0 Å². The van der Waals surface area contributed by atoms with Gasteiger partial charge in [0.2, 0.25) is 0 Å². The van der Waals surface area contributed by atoms with Gasteiger partial charge < -0.3 is 4.52 Å². The summed E-state index contributed by atoms with van der Waals surface area (Å²) >= 11 is 0. The smallest absolute Gasteiger partial charge is 0.379 e. The van der Waals surface area contributed by atoms with E-state index in [1.54, 1.807) is 0 Å². The lowest BCUT2D eigenvalue weighted by Gasteiger charge is -2.19. The lowest BCUT2D eigenvalue weighted by atomic mass is 10.1. The summed E-state index contributed by atoms with van der Waals surface area (Å²) in [4.78, 5) is 0. The molecule has 0 bridgehead atoms. The Kier molecular flexibility index (Phi) is 7.32. The van der Waals surface area contributed by atoms with Crippen LogP contribution in [0.25, 0.3) is 0 Å². The summed E-state index contributed by atoms with van der Waals surface area (Å²) in [6, 6.07) is 5.78. The summed E-state index contributed by atoms with van der Waals surface area (Å²) in [6.07, 6.45) is 4.26. The van der Waals surface area contributed by atoms with E-state index in [0.29, 0.717) is 18.5 Å². The molecule has 1 aromatic carbocycles. The summed E-state index contributed by atoms with van der Waals surface area (Å²) < 4.78 is 24.1. The fraction of sp³-hybridized carbons (Fsp3) is 0.625. The molecular formula is C16H27O3P. The van der Waals surface area contributed by atoms with Crippen LogP contribution in [0.15, 0.2) is 18.2 Å². The fourth-order valence-corrected chi connectivity index (χ4v) is 3.59. The highest BCUT2D eigenvalue weighted by Crippen LogP contribution is 2.49. The monoisotopic (exact) mass is 298 g/mol. The minimum absolute atomic E-state index is 0.486. The molecule has 0 amide bonds. The normalized spacial score (nSPS) is 14.0. The van der Waals surface area contributed by atoms with Crippen LogP contribution in [0.3, 0.4) is 0 Å². The minimum atomic E-state index is -3.02. The second-order valence-electron chi connectivity index (χ2n) is 5.21. The molecule has 0 radical (unpaired) electrons. The Balaban J connectivity index is 2.76. The SMILES string of the molecule is CCCCOP(=O)(CCCC)Oc1ccc(C)c(C)c1. The molecule has 0 saturated carbocycles. The van der Waals surface area contributed by atoms with Crippen molar-refractivity contribution >= 4 is 7.60 Å². The number of benzene rings is 1. The molecule has 0 aliphatic heterocycles. The predicted octanol–water partition coefficient (Wildman–Crippen LogP) is 5.49. The van der Waals surface area contributed by atoms with Crippen molar-refractivity contribution in [1.29, 1.82) is 0 Å². The largest absolute Gasteiger partial charge is 0.424 e. The summed E-state index contributed by atoms with van der Waals surface area (Å²) in [7, 11) is -3.02. The maximum Gasteiger partial charge on any atom is 0.379 e. The Morgan fingerprint density at radius 2 is 1.75 bits per heavy atom. The highest BCUT2D eigenvalue weighted by molar-refractivity contribution is 7.54. The molecule has 4 heteroatoms. The number of hydrogen-bond donors (Lipinski definition) is 0. The van der Waals surface area contributed by atoms with E-state index in [1.165, 1.54) is 5.56 Å². The minimum Gasteiger partial charge on any atom is -0.424 e. The van der Waals surface area contributed by atoms with Gasteiger partial charge in [-0.2, -0.15) is 0 Å². The Morgan fingerprint density at radius 3 is 2.35 bits per heavy atom. The first-order chi connectivity index (χ1) is 9.50. The van der Waals surface area contributed by atoms with Gasteiger partial charge in [-0.25, -0.2) is 4.57 Å². The Morgan fingerprint density at radius 1 is 1.05 bits per heavy atom. The van der Waals surface area contributed by atoms with Crippen LogP contribution in [-0.2, 0) is 9.09 Å². The molecule has 20 heavy (non-hydrogen) atoms. The van der Waals surface area contributed by atoms with Crippen LogP contribution in [0.2, 0.25) is 0 Å². The van der Waals surface area contributed by atoms with E-state index < -0.39 is 7.60 Å². The third-order valence-electron chi connectivity index (χ3n) is 3.29. The molecule has 0 N–H and O–H groups in total. The van der Waals surface area contributed by atoms with Gasteiger partial charge in [-0.05, 0) is 49.9 Å². The van der Waals surface area contributed by atoms with Crippen LogP contribution in [0.1, 0.15) is 50.7 Å². The van der Waals surface area contributed by atoms with Crippen LogP contribution < -0.4 is 4.52 Å². The maximum absolute atomic E-state index is 12.8. The lowest BCUT2D eigenvalue weighted by molar-refractivity contribution is 0.259. The number of rotatable bonds is 9. The first-order valence-corrected chi connectivity index (χ1v) is 9.24. The van der Waals surface area contributed by atoms with E-state index in [9.17, 15) is 4.57 Å². The first kappa shape index (κ1) is 17.3. The molecule has 0 aliphatic rings. The van der Waals surface area contributed by atoms with Gasteiger partial charge in [0.05, 0.1) is 12.8 Å². The van der Waals surface area contributed by atoms with Crippen molar-refractivity contribution in [2.24, 2.45) is 0 Å². The second kappa shape index (κ2) is 8.49. The van der Waals surface area contributed by atoms with Crippen molar-refractivity contribution in [3.8, 4) is 5.75 Å². The zero-order valence-electron chi connectivity index (χ0n) is 13.1. The van der Waals surface area contributed by atoms with E-state index in [0.717, 1.165) is 31.2 Å². The van der Waals surface area contributed by atoms with Crippen LogP contribution in [0.4, 0.5) is 0 Å². The van der Waals surface area contributed by atoms with Crippen molar-refractivity contribution in [2.45, 2.75) is 53.4 Å². The summed E-state index contributed by atoms with van der Waals surface area (Å²) in [5.41, 5.74) is 2.34. The van der Waals surface area contributed by atoms with Gasteiger partial charge in [0.25, 0.3) is 0 Å².